The van der Waals surface area contributed by atoms with E-state index in [1.165, 1.54) is 28.0 Å². The van der Waals surface area contributed by atoms with Gasteiger partial charge in [0.1, 0.15) is 0 Å². The predicted octanol–water partition coefficient (Wildman–Crippen LogP) is 4.96. The minimum absolute atomic E-state index is 0.0755. The van der Waals surface area contributed by atoms with Crippen molar-refractivity contribution in [2.24, 2.45) is 23.7 Å². The first-order chi connectivity index (χ1) is 16.4. The summed E-state index contributed by atoms with van der Waals surface area (Å²) in [6, 6.07) is 11.5. The zero-order valence-corrected chi connectivity index (χ0v) is 20.4. The molecule has 1 aromatic heterocycles. The first-order valence-corrected chi connectivity index (χ1v) is 13.2. The quantitative estimate of drug-likeness (QED) is 0.311. The van der Waals surface area contributed by atoms with Gasteiger partial charge in [0.15, 0.2) is 4.34 Å². The lowest BCUT2D eigenvalue weighted by Gasteiger charge is -2.17. The standard InChI is InChI=1S/C26H23N3O3S2/c1-13-3-4-14(2)19(9-13)27-21(30)12-33-26-28-18-8-7-17(11-20(18)34-26)29-24(31)22-15-5-6-16(10-15)23(22)25(29)32/h3-9,11,15-16,22-23H,10,12H2,1-2H3,(H,27,30)/t15-,16-,22-,23+/m0/s1. The van der Waals surface area contributed by atoms with Crippen LogP contribution in [0.15, 0.2) is 52.9 Å². The van der Waals surface area contributed by atoms with Crippen LogP contribution in [0.2, 0.25) is 0 Å². The third-order valence-electron chi connectivity index (χ3n) is 7.07. The molecule has 3 aliphatic rings. The summed E-state index contributed by atoms with van der Waals surface area (Å²) in [6.07, 6.45) is 5.13. The molecule has 6 nitrogen and oxygen atoms in total. The van der Waals surface area contributed by atoms with Crippen molar-refractivity contribution in [1.29, 1.82) is 0 Å². The van der Waals surface area contributed by atoms with Crippen molar-refractivity contribution in [1.82, 2.24) is 4.98 Å². The second-order valence-electron chi connectivity index (χ2n) is 9.30. The van der Waals surface area contributed by atoms with E-state index in [4.69, 9.17) is 0 Å². The van der Waals surface area contributed by atoms with Gasteiger partial charge in [-0.05, 0) is 67.5 Å². The van der Waals surface area contributed by atoms with Crippen molar-refractivity contribution in [3.05, 3.63) is 59.7 Å². The van der Waals surface area contributed by atoms with Gasteiger partial charge < -0.3 is 5.32 Å². The molecular formula is C26H23N3O3S2. The highest BCUT2D eigenvalue weighted by molar-refractivity contribution is 8.01. The smallest absolute Gasteiger partial charge is 0.238 e. The Balaban J connectivity index is 1.17. The molecule has 2 bridgehead atoms. The van der Waals surface area contributed by atoms with Crippen LogP contribution in [0.25, 0.3) is 10.2 Å². The van der Waals surface area contributed by atoms with Crippen LogP contribution >= 0.6 is 23.1 Å². The van der Waals surface area contributed by atoms with Gasteiger partial charge in [0.05, 0.1) is 33.5 Å². The minimum Gasteiger partial charge on any atom is -0.325 e. The highest BCUT2D eigenvalue weighted by Gasteiger charge is 2.59. The minimum atomic E-state index is -0.207. The number of aryl methyl sites for hydroxylation is 2. The van der Waals surface area contributed by atoms with Crippen LogP contribution in [-0.4, -0.2) is 28.5 Å². The number of nitrogens with zero attached hydrogens (tertiary/aromatic N) is 2. The lowest BCUT2D eigenvalue weighted by Crippen LogP contribution is -2.32. The molecule has 3 amide bonds. The summed E-state index contributed by atoms with van der Waals surface area (Å²) in [7, 11) is 0. The summed E-state index contributed by atoms with van der Waals surface area (Å²) in [6.45, 7) is 3.97. The number of carbonyl (C=O) groups is 3. The van der Waals surface area contributed by atoms with Gasteiger partial charge in [-0.25, -0.2) is 9.88 Å². The number of carbonyl (C=O) groups excluding carboxylic acids is 3. The summed E-state index contributed by atoms with van der Waals surface area (Å²) in [5.74, 6) is -0.00343. The molecule has 1 aliphatic heterocycles. The van der Waals surface area contributed by atoms with E-state index >= 15 is 0 Å². The van der Waals surface area contributed by atoms with Crippen molar-refractivity contribution in [2.45, 2.75) is 24.6 Å². The maximum Gasteiger partial charge on any atom is 0.238 e. The summed E-state index contributed by atoms with van der Waals surface area (Å²) in [5.41, 5.74) is 4.36. The van der Waals surface area contributed by atoms with Crippen LogP contribution in [0.3, 0.4) is 0 Å². The Bertz CT molecular complexity index is 1370. The molecular weight excluding hydrogens is 466 g/mol. The summed E-state index contributed by atoms with van der Waals surface area (Å²) in [4.78, 5) is 44.7. The highest BCUT2D eigenvalue weighted by Crippen LogP contribution is 2.53. The largest absolute Gasteiger partial charge is 0.325 e. The maximum atomic E-state index is 13.1. The van der Waals surface area contributed by atoms with Crippen molar-refractivity contribution >= 4 is 62.4 Å². The van der Waals surface area contributed by atoms with Crippen molar-refractivity contribution < 1.29 is 14.4 Å². The number of benzene rings is 2. The summed E-state index contributed by atoms with van der Waals surface area (Å²) in [5, 5.41) is 2.97. The topological polar surface area (TPSA) is 79.4 Å². The molecule has 0 spiro atoms. The van der Waals surface area contributed by atoms with E-state index in [-0.39, 0.29) is 47.1 Å². The molecule has 0 unspecified atom stereocenters. The number of allylic oxidation sites excluding steroid dienone is 2. The number of fused-ring (bicyclic) bond motifs is 6. The van der Waals surface area contributed by atoms with Gasteiger partial charge in [0.25, 0.3) is 0 Å². The molecule has 172 valence electrons. The maximum absolute atomic E-state index is 13.1. The molecule has 2 aromatic carbocycles. The Labute approximate surface area is 205 Å². The molecule has 2 aliphatic carbocycles. The van der Waals surface area contributed by atoms with Crippen LogP contribution in [0.5, 0.6) is 0 Å². The van der Waals surface area contributed by atoms with E-state index in [0.29, 0.717) is 5.69 Å². The molecule has 1 saturated carbocycles. The third kappa shape index (κ3) is 3.47. The second kappa shape index (κ2) is 8.06. The highest BCUT2D eigenvalue weighted by atomic mass is 32.2. The molecule has 2 heterocycles. The van der Waals surface area contributed by atoms with E-state index in [2.05, 4.69) is 22.5 Å². The Hall–Kier alpha value is -2.97. The van der Waals surface area contributed by atoms with E-state index in [1.807, 2.05) is 44.2 Å². The number of thiazole rings is 1. The fraction of sp³-hybridized carbons (Fsp3) is 0.308. The molecule has 1 saturated heterocycles. The zero-order chi connectivity index (χ0) is 23.6. The molecule has 3 aromatic rings. The number of aromatic nitrogens is 1. The van der Waals surface area contributed by atoms with E-state index in [1.54, 1.807) is 6.07 Å². The lowest BCUT2D eigenvalue weighted by atomic mass is 9.85. The number of anilines is 2. The molecule has 1 N–H and O–H groups in total. The predicted molar refractivity (Wildman–Crippen MR) is 135 cm³/mol. The Kier molecular flexibility index (Phi) is 5.11. The van der Waals surface area contributed by atoms with Gasteiger partial charge in [0.2, 0.25) is 17.7 Å². The van der Waals surface area contributed by atoms with Gasteiger partial charge in [0, 0.05) is 5.69 Å². The van der Waals surface area contributed by atoms with Gasteiger partial charge in [-0.1, -0.05) is 36.0 Å². The first-order valence-electron chi connectivity index (χ1n) is 11.4. The Morgan fingerprint density at radius 1 is 1.09 bits per heavy atom. The van der Waals surface area contributed by atoms with Crippen molar-refractivity contribution in [3.8, 4) is 0 Å². The monoisotopic (exact) mass is 489 g/mol. The van der Waals surface area contributed by atoms with Gasteiger partial charge >= 0.3 is 0 Å². The number of rotatable bonds is 5. The molecule has 6 rings (SSSR count). The van der Waals surface area contributed by atoms with Gasteiger partial charge in [-0.2, -0.15) is 0 Å². The Morgan fingerprint density at radius 2 is 1.82 bits per heavy atom. The molecule has 34 heavy (non-hydrogen) atoms. The molecule has 8 heteroatoms. The van der Waals surface area contributed by atoms with Crippen LogP contribution in [0, 0.1) is 37.5 Å². The SMILES string of the molecule is Cc1ccc(C)c(NC(=O)CSc2nc3ccc(N4C(=O)[C@@H]5[C@H](C4=O)[C@H]4C=C[C@H]5C4)cc3s2)c1. The van der Waals surface area contributed by atoms with Gasteiger partial charge in [-0.15, -0.1) is 11.3 Å². The van der Waals surface area contributed by atoms with E-state index in [0.717, 1.165) is 37.8 Å². The van der Waals surface area contributed by atoms with Crippen molar-refractivity contribution in [3.63, 3.8) is 0 Å². The fourth-order valence-electron chi connectivity index (χ4n) is 5.43. The summed E-state index contributed by atoms with van der Waals surface area (Å²) < 4.78 is 1.68. The number of hydrogen-bond donors (Lipinski definition) is 1. The van der Waals surface area contributed by atoms with E-state index < -0.39 is 0 Å². The molecule has 2 fully saturated rings. The number of thioether (sulfide) groups is 1. The van der Waals surface area contributed by atoms with Crippen LogP contribution < -0.4 is 10.2 Å². The Morgan fingerprint density at radius 3 is 2.56 bits per heavy atom. The second-order valence-corrected chi connectivity index (χ2v) is 11.6. The number of hydrogen-bond acceptors (Lipinski definition) is 6. The van der Waals surface area contributed by atoms with Crippen LogP contribution in [0.1, 0.15) is 17.5 Å². The number of imide groups is 1. The van der Waals surface area contributed by atoms with Gasteiger partial charge in [-0.3, -0.25) is 14.4 Å². The van der Waals surface area contributed by atoms with Crippen LogP contribution in [-0.2, 0) is 14.4 Å². The van der Waals surface area contributed by atoms with Crippen molar-refractivity contribution in [2.75, 3.05) is 16.0 Å². The van der Waals surface area contributed by atoms with E-state index in [9.17, 15) is 14.4 Å². The molecule has 4 atom stereocenters. The lowest BCUT2D eigenvalue weighted by molar-refractivity contribution is -0.123. The number of nitrogens with one attached hydrogen (secondary N) is 1. The average Bonchev–Trinajstić information content (AvgIpc) is 3.57. The first kappa shape index (κ1) is 21.6. The normalized spacial score (nSPS) is 24.9. The average molecular weight is 490 g/mol. The third-order valence-corrected chi connectivity index (χ3v) is 9.24. The van der Waals surface area contributed by atoms with Crippen LogP contribution in [0.4, 0.5) is 11.4 Å². The molecule has 0 radical (unpaired) electrons. The summed E-state index contributed by atoms with van der Waals surface area (Å²) >= 11 is 2.86. The fourth-order valence-corrected chi connectivity index (χ4v) is 7.34. The zero-order valence-electron chi connectivity index (χ0n) is 18.8. The number of amides is 3.